The second kappa shape index (κ2) is 4.15. The van der Waals surface area contributed by atoms with E-state index in [1.807, 2.05) is 6.07 Å². The molecule has 0 radical (unpaired) electrons. The summed E-state index contributed by atoms with van der Waals surface area (Å²) in [5, 5.41) is 11.7. The number of carbonyl (C=O) groups is 2. The maximum atomic E-state index is 12.3. The summed E-state index contributed by atoms with van der Waals surface area (Å²) in [5.74, 6) is -0.622. The van der Waals surface area contributed by atoms with Crippen molar-refractivity contribution in [3.63, 3.8) is 0 Å². The number of para-hydroxylation sites is 2. The first-order valence-electron chi connectivity index (χ1n) is 5.58. The lowest BCUT2D eigenvalue weighted by Gasteiger charge is -2.32. The Morgan fingerprint density at radius 2 is 2.11 bits per heavy atom. The zero-order chi connectivity index (χ0) is 13.3. The van der Waals surface area contributed by atoms with E-state index in [2.05, 4.69) is 5.32 Å². The maximum absolute atomic E-state index is 12.3. The number of hydrogen-bond acceptors (Lipinski definition) is 3. The molecule has 5 nitrogen and oxygen atoms in total. The number of nitrogens with zero attached hydrogens (tertiary/aromatic N) is 2. The molecule has 2 amide bonds. The SMILES string of the molecule is CC(C)(C#N)C(=O)N1CC(=O)Nc2ccccc21. The van der Waals surface area contributed by atoms with E-state index in [9.17, 15) is 9.59 Å². The van der Waals surface area contributed by atoms with Crippen molar-refractivity contribution in [2.24, 2.45) is 5.41 Å². The van der Waals surface area contributed by atoms with Gasteiger partial charge < -0.3 is 5.32 Å². The molecule has 1 N–H and O–H groups in total. The van der Waals surface area contributed by atoms with E-state index in [-0.39, 0.29) is 18.4 Å². The molecule has 5 heteroatoms. The fourth-order valence-corrected chi connectivity index (χ4v) is 1.80. The third kappa shape index (κ3) is 1.93. The Morgan fingerprint density at radius 3 is 2.78 bits per heavy atom. The van der Waals surface area contributed by atoms with Crippen molar-refractivity contribution in [2.75, 3.05) is 16.8 Å². The highest BCUT2D eigenvalue weighted by molar-refractivity contribution is 6.11. The molecule has 0 bridgehead atoms. The molecule has 0 fully saturated rings. The minimum absolute atomic E-state index is 0.0546. The van der Waals surface area contributed by atoms with Gasteiger partial charge in [0.1, 0.15) is 12.0 Å². The summed E-state index contributed by atoms with van der Waals surface area (Å²) in [5.41, 5.74) is 0.0753. The standard InChI is InChI=1S/C13H13N3O2/c1-13(2,8-14)12(18)16-7-11(17)15-9-5-3-4-6-10(9)16/h3-6H,7H2,1-2H3,(H,15,17). The van der Waals surface area contributed by atoms with Crippen molar-refractivity contribution in [3.05, 3.63) is 24.3 Å². The molecule has 0 atom stereocenters. The number of rotatable bonds is 1. The highest BCUT2D eigenvalue weighted by Crippen LogP contribution is 2.32. The normalized spacial score (nSPS) is 14.5. The second-order valence-corrected chi connectivity index (χ2v) is 4.69. The van der Waals surface area contributed by atoms with Crippen molar-refractivity contribution in [2.45, 2.75) is 13.8 Å². The van der Waals surface area contributed by atoms with Crippen LogP contribution in [0.3, 0.4) is 0 Å². The fraction of sp³-hybridized carbons (Fsp3) is 0.308. The Morgan fingerprint density at radius 1 is 1.44 bits per heavy atom. The van der Waals surface area contributed by atoms with Crippen LogP contribution in [0.4, 0.5) is 11.4 Å². The summed E-state index contributed by atoms with van der Waals surface area (Å²) in [6.07, 6.45) is 0. The number of hydrogen-bond donors (Lipinski definition) is 1. The Hall–Kier alpha value is -2.35. The summed E-state index contributed by atoms with van der Waals surface area (Å²) in [6, 6.07) is 9.01. The molecule has 1 heterocycles. The quantitative estimate of drug-likeness (QED) is 0.812. The van der Waals surface area contributed by atoms with Crippen LogP contribution in [-0.4, -0.2) is 18.4 Å². The van der Waals surface area contributed by atoms with Gasteiger partial charge in [0.05, 0.1) is 17.4 Å². The molecule has 0 saturated carbocycles. The van der Waals surface area contributed by atoms with Crippen LogP contribution in [0, 0.1) is 16.7 Å². The minimum atomic E-state index is -1.15. The number of amides is 2. The summed E-state index contributed by atoms with van der Waals surface area (Å²) in [7, 11) is 0. The average Bonchev–Trinajstić information content (AvgIpc) is 2.36. The Bertz CT molecular complexity index is 558. The first-order chi connectivity index (χ1) is 8.45. The molecule has 1 aliphatic heterocycles. The van der Waals surface area contributed by atoms with Crippen molar-refractivity contribution in [1.82, 2.24) is 0 Å². The molecule has 2 rings (SSSR count). The summed E-state index contributed by atoms with van der Waals surface area (Å²) in [4.78, 5) is 25.2. The van der Waals surface area contributed by atoms with Gasteiger partial charge in [0.15, 0.2) is 0 Å². The zero-order valence-corrected chi connectivity index (χ0v) is 10.2. The molecule has 18 heavy (non-hydrogen) atoms. The molecule has 1 aromatic carbocycles. The van der Waals surface area contributed by atoms with Gasteiger partial charge in [-0.05, 0) is 26.0 Å². The van der Waals surface area contributed by atoms with Gasteiger partial charge in [-0.2, -0.15) is 5.26 Å². The van der Waals surface area contributed by atoms with Crippen LogP contribution in [0.25, 0.3) is 0 Å². The van der Waals surface area contributed by atoms with E-state index in [1.54, 1.807) is 38.1 Å². The zero-order valence-electron chi connectivity index (χ0n) is 10.2. The van der Waals surface area contributed by atoms with E-state index in [0.717, 1.165) is 0 Å². The molecule has 1 aromatic rings. The third-order valence-electron chi connectivity index (χ3n) is 2.83. The smallest absolute Gasteiger partial charge is 0.247 e. The number of anilines is 2. The number of fused-ring (bicyclic) bond motifs is 1. The first kappa shape index (κ1) is 12.1. The van der Waals surface area contributed by atoms with E-state index >= 15 is 0 Å². The molecule has 1 aliphatic rings. The van der Waals surface area contributed by atoms with Gasteiger partial charge in [0.2, 0.25) is 11.8 Å². The Kier molecular flexibility index (Phi) is 2.79. The average molecular weight is 243 g/mol. The monoisotopic (exact) mass is 243 g/mol. The van der Waals surface area contributed by atoms with Crippen LogP contribution in [0.1, 0.15) is 13.8 Å². The van der Waals surface area contributed by atoms with Crippen LogP contribution in [-0.2, 0) is 9.59 Å². The van der Waals surface area contributed by atoms with Gasteiger partial charge in [0, 0.05) is 0 Å². The van der Waals surface area contributed by atoms with Crippen LogP contribution in [0.2, 0.25) is 0 Å². The van der Waals surface area contributed by atoms with Crippen LogP contribution < -0.4 is 10.2 Å². The van der Waals surface area contributed by atoms with Crippen molar-refractivity contribution in [1.29, 1.82) is 5.26 Å². The lowest BCUT2D eigenvalue weighted by molar-refractivity contribution is -0.126. The number of nitriles is 1. The van der Waals surface area contributed by atoms with E-state index in [1.165, 1.54) is 4.90 Å². The lowest BCUT2D eigenvalue weighted by Crippen LogP contribution is -2.47. The van der Waals surface area contributed by atoms with E-state index in [4.69, 9.17) is 5.26 Å². The number of benzene rings is 1. The van der Waals surface area contributed by atoms with E-state index in [0.29, 0.717) is 11.4 Å². The molecule has 0 saturated heterocycles. The van der Waals surface area contributed by atoms with Crippen LogP contribution in [0.5, 0.6) is 0 Å². The molecule has 0 unspecified atom stereocenters. The summed E-state index contributed by atoms with van der Waals surface area (Å²) in [6.45, 7) is 3.04. The predicted octanol–water partition coefficient (Wildman–Crippen LogP) is 1.52. The molecule has 0 aliphatic carbocycles. The molecular formula is C13H13N3O2. The Labute approximate surface area is 105 Å². The third-order valence-corrected chi connectivity index (χ3v) is 2.83. The van der Waals surface area contributed by atoms with Crippen molar-refractivity contribution >= 4 is 23.2 Å². The van der Waals surface area contributed by atoms with Gasteiger partial charge in [-0.3, -0.25) is 14.5 Å². The van der Waals surface area contributed by atoms with Gasteiger partial charge in [-0.1, -0.05) is 12.1 Å². The molecular weight excluding hydrogens is 230 g/mol. The van der Waals surface area contributed by atoms with Crippen LogP contribution >= 0.6 is 0 Å². The lowest BCUT2D eigenvalue weighted by atomic mass is 9.93. The highest BCUT2D eigenvalue weighted by Gasteiger charge is 2.36. The molecule has 0 aromatic heterocycles. The summed E-state index contributed by atoms with van der Waals surface area (Å²) >= 11 is 0. The summed E-state index contributed by atoms with van der Waals surface area (Å²) < 4.78 is 0. The topological polar surface area (TPSA) is 73.2 Å². The second-order valence-electron chi connectivity index (χ2n) is 4.69. The van der Waals surface area contributed by atoms with Crippen molar-refractivity contribution < 1.29 is 9.59 Å². The highest BCUT2D eigenvalue weighted by atomic mass is 16.2. The molecule has 92 valence electrons. The minimum Gasteiger partial charge on any atom is -0.323 e. The predicted molar refractivity (Wildman–Crippen MR) is 66.8 cm³/mol. The van der Waals surface area contributed by atoms with Gasteiger partial charge in [0.25, 0.3) is 0 Å². The van der Waals surface area contributed by atoms with Crippen LogP contribution in [0.15, 0.2) is 24.3 Å². The van der Waals surface area contributed by atoms with Gasteiger partial charge in [-0.15, -0.1) is 0 Å². The number of carbonyl (C=O) groups excluding carboxylic acids is 2. The Balaban J connectivity index is 2.45. The van der Waals surface area contributed by atoms with Gasteiger partial charge in [-0.25, -0.2) is 0 Å². The first-order valence-corrected chi connectivity index (χ1v) is 5.58. The fourth-order valence-electron chi connectivity index (χ4n) is 1.80. The van der Waals surface area contributed by atoms with Crippen molar-refractivity contribution in [3.8, 4) is 6.07 Å². The number of nitrogens with one attached hydrogen (secondary N) is 1. The van der Waals surface area contributed by atoms with Gasteiger partial charge >= 0.3 is 0 Å². The largest absolute Gasteiger partial charge is 0.323 e. The maximum Gasteiger partial charge on any atom is 0.247 e. The molecule has 0 spiro atoms. The van der Waals surface area contributed by atoms with E-state index < -0.39 is 5.41 Å².